The molecule has 170 valence electrons. The average molecular weight is 447 g/mol. The summed E-state index contributed by atoms with van der Waals surface area (Å²) in [4.78, 5) is 0. The normalized spacial score (nSPS) is 11.8. The van der Waals surface area contributed by atoms with E-state index in [4.69, 9.17) is 9.47 Å². The first kappa shape index (κ1) is 25.9. The van der Waals surface area contributed by atoms with Gasteiger partial charge < -0.3 is 9.47 Å². The summed E-state index contributed by atoms with van der Waals surface area (Å²) in [6.45, 7) is 13.1. The molecule has 3 heteroatoms. The molecule has 2 nitrogen and oxygen atoms in total. The first-order valence-corrected chi connectivity index (χ1v) is 14.9. The Balaban J connectivity index is 2.13. The predicted molar refractivity (Wildman–Crippen MR) is 139 cm³/mol. The molecule has 32 heavy (non-hydrogen) atoms. The molecule has 0 N–H and O–H groups in total. The maximum Gasteiger partial charge on any atom is 0.129 e. The third kappa shape index (κ3) is 10.8. The molecule has 0 aliphatic heterocycles. The Morgan fingerprint density at radius 1 is 0.875 bits per heavy atom. The lowest BCUT2D eigenvalue weighted by atomic mass is 9.81. The van der Waals surface area contributed by atoms with E-state index in [0.29, 0.717) is 26.4 Å². The number of hydrogen-bond acceptors (Lipinski definition) is 2. The highest BCUT2D eigenvalue weighted by atomic mass is 28.3. The summed E-state index contributed by atoms with van der Waals surface area (Å²) >= 11 is 0. The van der Waals surface area contributed by atoms with E-state index >= 15 is 0 Å². The van der Waals surface area contributed by atoms with Crippen molar-refractivity contribution in [3.05, 3.63) is 96.6 Å². The summed E-state index contributed by atoms with van der Waals surface area (Å²) in [5, 5.41) is 0. The van der Waals surface area contributed by atoms with Crippen LogP contribution in [-0.2, 0) is 22.7 Å². The molecule has 2 aromatic rings. The Morgan fingerprint density at radius 2 is 1.41 bits per heavy atom. The van der Waals surface area contributed by atoms with Crippen molar-refractivity contribution in [3.8, 4) is 11.5 Å². The van der Waals surface area contributed by atoms with E-state index in [1.165, 1.54) is 11.1 Å². The average Bonchev–Trinajstić information content (AvgIpc) is 2.77. The molecule has 2 aromatic carbocycles. The number of hydrogen-bond donors (Lipinski definition) is 0. The van der Waals surface area contributed by atoms with Crippen molar-refractivity contribution in [3.63, 3.8) is 0 Å². The fraction of sp³-hybridized carbons (Fsp3) is 0.379. The lowest BCUT2D eigenvalue weighted by molar-refractivity contribution is -0.0346. The number of rotatable bonds is 13. The number of ether oxygens (including phenoxy) is 2. The van der Waals surface area contributed by atoms with Gasteiger partial charge >= 0.3 is 0 Å². The van der Waals surface area contributed by atoms with E-state index in [1.54, 1.807) is 0 Å². The molecular formula is C29H38O2Si. The fourth-order valence-electron chi connectivity index (χ4n) is 3.37. The second-order valence-electron chi connectivity index (χ2n) is 9.39. The van der Waals surface area contributed by atoms with Crippen LogP contribution < -0.4 is 0 Å². The van der Waals surface area contributed by atoms with E-state index in [9.17, 15) is 0 Å². The zero-order valence-electron chi connectivity index (χ0n) is 20.0. The van der Waals surface area contributed by atoms with Gasteiger partial charge in [-0.05, 0) is 24.0 Å². The molecule has 0 heterocycles. The summed E-state index contributed by atoms with van der Waals surface area (Å²) in [7, 11) is -1.44. The molecule has 0 unspecified atom stereocenters. The lowest BCUT2D eigenvalue weighted by Crippen LogP contribution is -2.32. The van der Waals surface area contributed by atoms with E-state index in [1.807, 2.05) is 24.3 Å². The van der Waals surface area contributed by atoms with Gasteiger partial charge in [-0.1, -0.05) is 105 Å². The van der Waals surface area contributed by atoms with Crippen molar-refractivity contribution >= 4 is 8.07 Å². The van der Waals surface area contributed by atoms with Gasteiger partial charge in [0.05, 0.1) is 26.4 Å². The maximum atomic E-state index is 6.25. The highest BCUT2D eigenvalue weighted by Crippen LogP contribution is 2.31. The standard InChI is InChI=1S/C29H38O2Si/c1-5-6-7-14-20-29(21-15-22-32(2,3)4,25-30-23-27-16-10-8-11-17-27)26-31-24-28-18-12-9-13-19-28/h5-13,16-19H,1,14,20-21,23-26H2,2-4H3. The van der Waals surface area contributed by atoms with Crippen LogP contribution in [0.25, 0.3) is 0 Å². The van der Waals surface area contributed by atoms with E-state index in [2.05, 4.69) is 92.3 Å². The Morgan fingerprint density at radius 3 is 1.88 bits per heavy atom. The molecule has 0 saturated heterocycles. The third-order valence-electron chi connectivity index (χ3n) is 5.08. The van der Waals surface area contributed by atoms with Gasteiger partial charge in [-0.2, -0.15) is 0 Å². The molecule has 2 rings (SSSR count). The summed E-state index contributed by atoms with van der Waals surface area (Å²) in [5.74, 6) is 3.51. The molecule has 0 atom stereocenters. The monoisotopic (exact) mass is 446 g/mol. The second-order valence-corrected chi connectivity index (χ2v) is 14.1. The number of benzene rings is 2. The highest BCUT2D eigenvalue weighted by molar-refractivity contribution is 6.83. The van der Waals surface area contributed by atoms with Gasteiger partial charge in [0.2, 0.25) is 0 Å². The van der Waals surface area contributed by atoms with Crippen LogP contribution in [0.3, 0.4) is 0 Å². The SMILES string of the molecule is C=CC=CCCC(CC#C[Si](C)(C)C)(COCc1ccccc1)COCc1ccccc1. The van der Waals surface area contributed by atoms with Crippen molar-refractivity contribution in [1.82, 2.24) is 0 Å². The van der Waals surface area contributed by atoms with E-state index in [0.717, 1.165) is 19.3 Å². The van der Waals surface area contributed by atoms with Crippen molar-refractivity contribution in [2.75, 3.05) is 13.2 Å². The predicted octanol–water partition coefficient (Wildman–Crippen LogP) is 7.20. The summed E-state index contributed by atoms with van der Waals surface area (Å²) in [6.07, 6.45) is 8.69. The fourth-order valence-corrected chi connectivity index (χ4v) is 3.99. The quantitative estimate of drug-likeness (QED) is 0.184. The van der Waals surface area contributed by atoms with Gasteiger partial charge in [0, 0.05) is 11.8 Å². The minimum Gasteiger partial charge on any atom is -0.376 e. The van der Waals surface area contributed by atoms with Gasteiger partial charge in [-0.3, -0.25) is 0 Å². The van der Waals surface area contributed by atoms with Crippen molar-refractivity contribution in [2.24, 2.45) is 5.41 Å². The van der Waals surface area contributed by atoms with Crippen molar-refractivity contribution < 1.29 is 9.47 Å². The zero-order chi connectivity index (χ0) is 23.1. The van der Waals surface area contributed by atoms with Gasteiger partial charge in [-0.25, -0.2) is 0 Å². The first-order valence-electron chi connectivity index (χ1n) is 11.4. The topological polar surface area (TPSA) is 18.5 Å². The van der Waals surface area contributed by atoms with Crippen LogP contribution in [0.15, 0.2) is 85.5 Å². The van der Waals surface area contributed by atoms with Crippen LogP contribution in [0, 0.1) is 16.9 Å². The Labute approximate surface area is 196 Å². The molecular weight excluding hydrogens is 408 g/mol. The summed E-state index contributed by atoms with van der Waals surface area (Å²) < 4.78 is 12.5. The van der Waals surface area contributed by atoms with Crippen molar-refractivity contribution in [2.45, 2.75) is 52.1 Å². The molecule has 0 aromatic heterocycles. The molecule has 0 fully saturated rings. The Kier molecular flexibility index (Phi) is 11.2. The van der Waals surface area contributed by atoms with Crippen molar-refractivity contribution in [1.29, 1.82) is 0 Å². The first-order chi connectivity index (χ1) is 15.4. The van der Waals surface area contributed by atoms with Crippen LogP contribution in [0.2, 0.25) is 19.6 Å². The van der Waals surface area contributed by atoms with Crippen LogP contribution in [-0.4, -0.2) is 21.3 Å². The van der Waals surface area contributed by atoms with Gasteiger partial charge in [0.1, 0.15) is 8.07 Å². The third-order valence-corrected chi connectivity index (χ3v) is 6.01. The molecule has 0 saturated carbocycles. The van der Waals surface area contributed by atoms with Gasteiger partial charge in [0.25, 0.3) is 0 Å². The summed E-state index contributed by atoms with van der Waals surface area (Å²) in [6, 6.07) is 20.7. The summed E-state index contributed by atoms with van der Waals surface area (Å²) in [5.41, 5.74) is 5.76. The Hall–Kier alpha value is -2.38. The van der Waals surface area contributed by atoms with Gasteiger partial charge in [0.15, 0.2) is 0 Å². The van der Waals surface area contributed by atoms with Crippen LogP contribution in [0.1, 0.15) is 30.4 Å². The van der Waals surface area contributed by atoms with Crippen LogP contribution in [0.4, 0.5) is 0 Å². The smallest absolute Gasteiger partial charge is 0.129 e. The lowest BCUT2D eigenvalue weighted by Gasteiger charge is -2.32. The van der Waals surface area contributed by atoms with Crippen LogP contribution in [0.5, 0.6) is 0 Å². The minimum absolute atomic E-state index is 0.151. The van der Waals surface area contributed by atoms with E-state index in [-0.39, 0.29) is 5.41 Å². The van der Waals surface area contributed by atoms with E-state index < -0.39 is 8.07 Å². The molecule has 0 amide bonds. The van der Waals surface area contributed by atoms with Gasteiger partial charge in [-0.15, -0.1) is 11.5 Å². The highest BCUT2D eigenvalue weighted by Gasteiger charge is 2.30. The molecule has 0 spiro atoms. The minimum atomic E-state index is -1.44. The zero-order valence-corrected chi connectivity index (χ0v) is 21.0. The maximum absolute atomic E-state index is 6.25. The molecule has 0 aliphatic carbocycles. The largest absolute Gasteiger partial charge is 0.376 e. The Bertz CT molecular complexity index is 825. The second kappa shape index (κ2) is 13.9. The van der Waals surface area contributed by atoms with Crippen LogP contribution >= 0.6 is 0 Å². The molecule has 0 bridgehead atoms. The molecule has 0 radical (unpaired) electrons. The molecule has 0 aliphatic rings. The number of allylic oxidation sites excluding steroid dienone is 3.